The van der Waals surface area contributed by atoms with Gasteiger partial charge in [-0.3, -0.25) is 4.79 Å². The molecule has 1 aliphatic rings. The molecule has 0 spiro atoms. The monoisotopic (exact) mass is 474 g/mol. The first-order chi connectivity index (χ1) is 16.9. The number of nitrogens with zero attached hydrogens (tertiary/aromatic N) is 4. The van der Waals surface area contributed by atoms with E-state index in [0.29, 0.717) is 18.9 Å². The highest BCUT2D eigenvalue weighted by Gasteiger charge is 2.22. The van der Waals surface area contributed by atoms with Crippen LogP contribution in [0.25, 0.3) is 16.9 Å². The fourth-order valence-corrected chi connectivity index (χ4v) is 4.41. The molecule has 2 heterocycles. The number of hydrogen-bond donors (Lipinski definition) is 0. The van der Waals surface area contributed by atoms with E-state index in [9.17, 15) is 9.59 Å². The van der Waals surface area contributed by atoms with Crippen molar-refractivity contribution in [3.8, 4) is 16.9 Å². The van der Waals surface area contributed by atoms with Gasteiger partial charge in [-0.05, 0) is 49.6 Å². The average molecular weight is 475 g/mol. The molecule has 1 aliphatic heterocycles. The molecular formula is C28H34N4O3. The highest BCUT2D eigenvalue weighted by Crippen LogP contribution is 2.28. The third-order valence-electron chi connectivity index (χ3n) is 6.28. The second-order valence-corrected chi connectivity index (χ2v) is 9.35. The molecule has 35 heavy (non-hydrogen) atoms. The smallest absolute Gasteiger partial charge is 0.358 e. The Labute approximate surface area is 207 Å². The Balaban J connectivity index is 1.56. The summed E-state index contributed by atoms with van der Waals surface area (Å²) < 4.78 is 7.01. The number of para-hydroxylation sites is 1. The minimum atomic E-state index is -0.428. The van der Waals surface area contributed by atoms with Crippen LogP contribution in [0.5, 0.6) is 0 Å². The largest absolute Gasteiger partial charge is 0.461 e. The minimum Gasteiger partial charge on any atom is -0.461 e. The fourth-order valence-electron chi connectivity index (χ4n) is 4.41. The van der Waals surface area contributed by atoms with Gasteiger partial charge in [0.1, 0.15) is 0 Å². The van der Waals surface area contributed by atoms with Crippen LogP contribution in [-0.2, 0) is 9.53 Å². The molecule has 2 aromatic carbocycles. The molecule has 0 N–H and O–H groups in total. The lowest BCUT2D eigenvalue weighted by atomic mass is 10.1. The van der Waals surface area contributed by atoms with Gasteiger partial charge >= 0.3 is 5.97 Å². The Morgan fingerprint density at radius 3 is 2.31 bits per heavy atom. The molecule has 7 heteroatoms. The van der Waals surface area contributed by atoms with Gasteiger partial charge in [0.2, 0.25) is 5.91 Å². The Kier molecular flexibility index (Phi) is 7.54. The molecule has 4 rings (SSSR count). The first-order valence-electron chi connectivity index (χ1n) is 12.3. The molecule has 184 valence electrons. The van der Waals surface area contributed by atoms with Gasteiger partial charge in [0.15, 0.2) is 5.69 Å². The Hall–Kier alpha value is -3.61. The number of amides is 1. The number of rotatable bonds is 7. The normalized spacial score (nSPS) is 13.9. The molecule has 0 unspecified atom stereocenters. The number of esters is 1. The molecule has 0 saturated carbocycles. The molecule has 1 aromatic heterocycles. The molecule has 1 saturated heterocycles. The third kappa shape index (κ3) is 5.56. The van der Waals surface area contributed by atoms with Crippen LogP contribution in [0.4, 0.5) is 5.69 Å². The lowest BCUT2D eigenvalue weighted by Crippen LogP contribution is -2.49. The van der Waals surface area contributed by atoms with E-state index in [1.165, 1.54) is 0 Å². The van der Waals surface area contributed by atoms with Gasteiger partial charge in [-0.15, -0.1) is 0 Å². The maximum Gasteiger partial charge on any atom is 0.358 e. The minimum absolute atomic E-state index is 0.247. The van der Waals surface area contributed by atoms with Crippen molar-refractivity contribution in [2.45, 2.75) is 34.1 Å². The third-order valence-corrected chi connectivity index (χ3v) is 6.28. The molecule has 3 aromatic rings. The summed E-state index contributed by atoms with van der Waals surface area (Å²) in [5.74, 6) is 0.199. The van der Waals surface area contributed by atoms with Gasteiger partial charge in [-0.2, -0.15) is 5.10 Å². The van der Waals surface area contributed by atoms with E-state index >= 15 is 0 Å². The van der Waals surface area contributed by atoms with Crippen molar-refractivity contribution in [3.05, 3.63) is 65.9 Å². The van der Waals surface area contributed by atoms with Crippen LogP contribution >= 0.6 is 0 Å². The predicted molar refractivity (Wildman–Crippen MR) is 138 cm³/mol. The zero-order valence-electron chi connectivity index (χ0n) is 21.0. The SMILES string of the molecule is CCOC(=O)c1cc(-c2ccc(N3CCN(C(=O)CC(C)C)CC3)cc2)n(-c2ccccc2C)n1. The fraction of sp³-hybridized carbons (Fsp3) is 0.393. The molecule has 1 amide bonds. The van der Waals surface area contributed by atoms with Crippen molar-refractivity contribution in [1.29, 1.82) is 0 Å². The van der Waals surface area contributed by atoms with Gasteiger partial charge in [0, 0.05) is 43.9 Å². The molecule has 7 nitrogen and oxygen atoms in total. The van der Waals surface area contributed by atoms with E-state index in [4.69, 9.17) is 4.74 Å². The first-order valence-corrected chi connectivity index (χ1v) is 12.3. The van der Waals surface area contributed by atoms with Crippen LogP contribution in [-0.4, -0.2) is 59.3 Å². The topological polar surface area (TPSA) is 67.7 Å². The summed E-state index contributed by atoms with van der Waals surface area (Å²) in [6, 6.07) is 18.1. The predicted octanol–water partition coefficient (Wildman–Crippen LogP) is 4.72. The Morgan fingerprint density at radius 2 is 1.69 bits per heavy atom. The van der Waals surface area contributed by atoms with E-state index in [0.717, 1.165) is 54.4 Å². The summed E-state index contributed by atoms with van der Waals surface area (Å²) in [4.78, 5) is 29.1. The van der Waals surface area contributed by atoms with Crippen molar-refractivity contribution in [2.24, 2.45) is 5.92 Å². The summed E-state index contributed by atoms with van der Waals surface area (Å²) in [7, 11) is 0. The van der Waals surface area contributed by atoms with Gasteiger partial charge in [-0.1, -0.05) is 44.2 Å². The highest BCUT2D eigenvalue weighted by atomic mass is 16.5. The van der Waals surface area contributed by atoms with Gasteiger partial charge < -0.3 is 14.5 Å². The molecule has 0 radical (unpaired) electrons. The molecule has 0 aliphatic carbocycles. The van der Waals surface area contributed by atoms with E-state index in [1.54, 1.807) is 13.0 Å². The average Bonchev–Trinajstić information content (AvgIpc) is 3.30. The maximum atomic E-state index is 12.4. The van der Waals surface area contributed by atoms with E-state index in [1.807, 2.05) is 40.8 Å². The van der Waals surface area contributed by atoms with Crippen molar-refractivity contribution < 1.29 is 14.3 Å². The Bertz CT molecular complexity index is 1180. The summed E-state index contributed by atoms with van der Waals surface area (Å²) in [6.45, 7) is 11.4. The number of anilines is 1. The maximum absolute atomic E-state index is 12.4. The summed E-state index contributed by atoms with van der Waals surface area (Å²) in [5.41, 5.74) is 5.19. The van der Waals surface area contributed by atoms with Crippen LogP contribution in [0.3, 0.4) is 0 Å². The number of aromatic nitrogens is 2. The van der Waals surface area contributed by atoms with E-state index in [2.05, 4.69) is 48.1 Å². The number of ether oxygens (including phenoxy) is 1. The first kappa shape index (κ1) is 24.5. The van der Waals surface area contributed by atoms with Crippen molar-refractivity contribution >= 4 is 17.6 Å². The molecule has 0 bridgehead atoms. The standard InChI is InChI=1S/C28H34N4O3/c1-5-35-28(34)24-19-26(32(29-24)25-9-7-6-8-21(25)4)22-10-12-23(13-11-22)30-14-16-31(17-15-30)27(33)18-20(2)3/h6-13,19-20H,5,14-18H2,1-4H3. The van der Waals surface area contributed by atoms with Gasteiger partial charge in [0.05, 0.1) is 18.0 Å². The summed E-state index contributed by atoms with van der Waals surface area (Å²) >= 11 is 0. The van der Waals surface area contributed by atoms with Crippen LogP contribution < -0.4 is 4.90 Å². The number of carbonyl (C=O) groups excluding carboxylic acids is 2. The second-order valence-electron chi connectivity index (χ2n) is 9.35. The number of benzene rings is 2. The number of carbonyl (C=O) groups is 2. The van der Waals surface area contributed by atoms with Crippen molar-refractivity contribution in [3.63, 3.8) is 0 Å². The van der Waals surface area contributed by atoms with Crippen molar-refractivity contribution in [1.82, 2.24) is 14.7 Å². The Morgan fingerprint density at radius 1 is 1.00 bits per heavy atom. The zero-order chi connectivity index (χ0) is 24.9. The summed E-state index contributed by atoms with van der Waals surface area (Å²) in [5, 5.41) is 4.59. The summed E-state index contributed by atoms with van der Waals surface area (Å²) in [6.07, 6.45) is 0.608. The van der Waals surface area contributed by atoms with Gasteiger partial charge in [-0.25, -0.2) is 9.48 Å². The van der Waals surface area contributed by atoms with Crippen LogP contribution in [0.1, 0.15) is 43.2 Å². The van der Waals surface area contributed by atoms with Gasteiger partial charge in [0.25, 0.3) is 0 Å². The highest BCUT2D eigenvalue weighted by molar-refractivity contribution is 5.89. The molecular weight excluding hydrogens is 440 g/mol. The lowest BCUT2D eigenvalue weighted by Gasteiger charge is -2.36. The van der Waals surface area contributed by atoms with E-state index < -0.39 is 5.97 Å². The van der Waals surface area contributed by atoms with Crippen LogP contribution in [0.15, 0.2) is 54.6 Å². The quantitative estimate of drug-likeness (QED) is 0.464. The number of piperazine rings is 1. The van der Waals surface area contributed by atoms with Crippen LogP contribution in [0, 0.1) is 12.8 Å². The zero-order valence-corrected chi connectivity index (χ0v) is 21.0. The molecule has 1 fully saturated rings. The second kappa shape index (κ2) is 10.8. The lowest BCUT2D eigenvalue weighted by molar-refractivity contribution is -0.132. The van der Waals surface area contributed by atoms with Crippen LogP contribution in [0.2, 0.25) is 0 Å². The molecule has 0 atom stereocenters. The number of hydrogen-bond acceptors (Lipinski definition) is 5. The van der Waals surface area contributed by atoms with Crippen molar-refractivity contribution in [2.75, 3.05) is 37.7 Å². The van der Waals surface area contributed by atoms with E-state index in [-0.39, 0.29) is 11.6 Å². The number of aryl methyl sites for hydroxylation is 1.